The van der Waals surface area contributed by atoms with Crippen LogP contribution < -0.4 is 11.5 Å². The topological polar surface area (TPSA) is 69.1 Å². The van der Waals surface area contributed by atoms with Crippen molar-refractivity contribution in [1.29, 1.82) is 0 Å². The van der Waals surface area contributed by atoms with E-state index in [1.807, 2.05) is 24.3 Å². The van der Waals surface area contributed by atoms with Crippen LogP contribution in [-0.4, -0.2) is 5.91 Å². The summed E-state index contributed by atoms with van der Waals surface area (Å²) in [6.45, 7) is 0. The Kier molecular flexibility index (Phi) is 2.15. The molecule has 1 fully saturated rings. The minimum Gasteiger partial charge on any atom is -0.399 e. The second-order valence-electron chi connectivity index (χ2n) is 3.95. The zero-order chi connectivity index (χ0) is 10.1. The molecule has 1 amide bonds. The fourth-order valence-electron chi connectivity index (χ4n) is 1.84. The van der Waals surface area contributed by atoms with Crippen LogP contribution >= 0.6 is 0 Å². The lowest BCUT2D eigenvalue weighted by atomic mass is 10.1. The molecule has 4 N–H and O–H groups in total. The Balaban J connectivity index is 1.97. The Morgan fingerprint density at radius 2 is 2.29 bits per heavy atom. The minimum absolute atomic E-state index is 0.0939. The van der Waals surface area contributed by atoms with Crippen molar-refractivity contribution in [3.05, 3.63) is 29.8 Å². The average Bonchev–Trinajstić information content (AvgIpc) is 2.84. The third kappa shape index (κ3) is 1.87. The quantitative estimate of drug-likeness (QED) is 0.696. The highest BCUT2D eigenvalue weighted by Crippen LogP contribution is 2.40. The van der Waals surface area contributed by atoms with Gasteiger partial charge in [-0.25, -0.2) is 0 Å². The van der Waals surface area contributed by atoms with E-state index in [9.17, 15) is 4.79 Å². The van der Waals surface area contributed by atoms with E-state index < -0.39 is 0 Å². The lowest BCUT2D eigenvalue weighted by Gasteiger charge is -2.00. The number of carbonyl (C=O) groups is 1. The summed E-state index contributed by atoms with van der Waals surface area (Å²) in [5.74, 6) is 0.365. The first-order chi connectivity index (χ1) is 6.66. The van der Waals surface area contributed by atoms with Gasteiger partial charge in [-0.1, -0.05) is 12.1 Å². The van der Waals surface area contributed by atoms with Crippen molar-refractivity contribution in [3.63, 3.8) is 0 Å². The first-order valence-electron chi connectivity index (χ1n) is 4.80. The van der Waals surface area contributed by atoms with Gasteiger partial charge in [-0.3, -0.25) is 4.79 Å². The third-order valence-electron chi connectivity index (χ3n) is 2.74. The van der Waals surface area contributed by atoms with Crippen molar-refractivity contribution in [2.75, 3.05) is 5.73 Å². The van der Waals surface area contributed by atoms with Crippen LogP contribution in [0.3, 0.4) is 0 Å². The van der Waals surface area contributed by atoms with Gasteiger partial charge >= 0.3 is 0 Å². The van der Waals surface area contributed by atoms with Crippen LogP contribution in [-0.2, 0) is 11.2 Å². The molecule has 74 valence electrons. The predicted molar refractivity (Wildman–Crippen MR) is 55.3 cm³/mol. The van der Waals surface area contributed by atoms with Gasteiger partial charge in [0.25, 0.3) is 0 Å². The summed E-state index contributed by atoms with van der Waals surface area (Å²) in [6.07, 6.45) is 1.85. The van der Waals surface area contributed by atoms with E-state index in [-0.39, 0.29) is 11.8 Å². The Morgan fingerprint density at radius 1 is 1.50 bits per heavy atom. The van der Waals surface area contributed by atoms with Crippen LogP contribution in [0.5, 0.6) is 0 Å². The van der Waals surface area contributed by atoms with Crippen molar-refractivity contribution in [3.8, 4) is 0 Å². The number of anilines is 1. The smallest absolute Gasteiger partial charge is 0.220 e. The van der Waals surface area contributed by atoms with Gasteiger partial charge in [-0.2, -0.15) is 0 Å². The van der Waals surface area contributed by atoms with Gasteiger partial charge < -0.3 is 11.5 Å². The van der Waals surface area contributed by atoms with E-state index >= 15 is 0 Å². The van der Waals surface area contributed by atoms with E-state index in [0.717, 1.165) is 18.5 Å². The largest absolute Gasteiger partial charge is 0.399 e. The number of rotatable bonds is 3. The number of amides is 1. The second-order valence-corrected chi connectivity index (χ2v) is 3.95. The van der Waals surface area contributed by atoms with Crippen LogP contribution in [0.1, 0.15) is 12.0 Å². The monoisotopic (exact) mass is 190 g/mol. The van der Waals surface area contributed by atoms with E-state index in [1.165, 1.54) is 5.56 Å². The molecule has 1 saturated carbocycles. The Labute approximate surface area is 83.1 Å². The molecular weight excluding hydrogens is 176 g/mol. The molecule has 1 aliphatic carbocycles. The number of hydrogen-bond acceptors (Lipinski definition) is 2. The van der Waals surface area contributed by atoms with Gasteiger partial charge in [-0.05, 0) is 36.5 Å². The highest BCUT2D eigenvalue weighted by Gasteiger charge is 2.41. The zero-order valence-corrected chi connectivity index (χ0v) is 7.94. The lowest BCUT2D eigenvalue weighted by molar-refractivity contribution is -0.119. The molecule has 1 aromatic rings. The molecule has 0 bridgehead atoms. The summed E-state index contributed by atoms with van der Waals surface area (Å²) < 4.78 is 0. The maximum atomic E-state index is 10.8. The van der Waals surface area contributed by atoms with E-state index in [0.29, 0.717) is 5.92 Å². The van der Waals surface area contributed by atoms with Gasteiger partial charge in [0, 0.05) is 11.6 Å². The van der Waals surface area contributed by atoms with Gasteiger partial charge in [0.2, 0.25) is 5.91 Å². The SMILES string of the molecule is NC(=O)C1CC1Cc1cccc(N)c1. The van der Waals surface area contributed by atoms with Crippen LogP contribution in [0.15, 0.2) is 24.3 Å². The summed E-state index contributed by atoms with van der Waals surface area (Å²) in [5, 5.41) is 0. The first-order valence-corrected chi connectivity index (χ1v) is 4.80. The van der Waals surface area contributed by atoms with Gasteiger partial charge in [0.05, 0.1) is 0 Å². The first kappa shape index (κ1) is 9.06. The Hall–Kier alpha value is -1.51. The van der Waals surface area contributed by atoms with Crippen LogP contribution in [0.4, 0.5) is 5.69 Å². The highest BCUT2D eigenvalue weighted by atomic mass is 16.1. The summed E-state index contributed by atoms with van der Waals surface area (Å²) in [7, 11) is 0. The molecule has 2 rings (SSSR count). The molecule has 0 heterocycles. The summed E-state index contributed by atoms with van der Waals surface area (Å²) >= 11 is 0. The predicted octanol–water partition coefficient (Wildman–Crippen LogP) is 0.933. The van der Waals surface area contributed by atoms with Crippen molar-refractivity contribution in [2.24, 2.45) is 17.6 Å². The number of carbonyl (C=O) groups excluding carboxylic acids is 1. The van der Waals surface area contributed by atoms with E-state index in [2.05, 4.69) is 0 Å². The van der Waals surface area contributed by atoms with Crippen LogP contribution in [0.2, 0.25) is 0 Å². The number of hydrogen-bond donors (Lipinski definition) is 2. The van der Waals surface area contributed by atoms with Crippen molar-refractivity contribution in [1.82, 2.24) is 0 Å². The highest BCUT2D eigenvalue weighted by molar-refractivity contribution is 5.79. The summed E-state index contributed by atoms with van der Waals surface area (Å²) in [4.78, 5) is 10.8. The standard InChI is InChI=1S/C11H14N2O/c12-9-3-1-2-7(5-9)4-8-6-10(8)11(13)14/h1-3,5,8,10H,4,6,12H2,(H2,13,14). The molecule has 0 radical (unpaired) electrons. The van der Waals surface area contributed by atoms with Crippen LogP contribution in [0.25, 0.3) is 0 Å². The molecule has 3 nitrogen and oxygen atoms in total. The van der Waals surface area contributed by atoms with E-state index in [4.69, 9.17) is 11.5 Å². The number of nitrogen functional groups attached to an aromatic ring is 1. The fourth-order valence-corrected chi connectivity index (χ4v) is 1.84. The number of benzene rings is 1. The summed E-state index contributed by atoms with van der Waals surface area (Å²) in [6, 6.07) is 7.79. The molecule has 2 unspecified atom stereocenters. The van der Waals surface area contributed by atoms with Gasteiger partial charge in [0.1, 0.15) is 0 Å². The van der Waals surface area contributed by atoms with Crippen molar-refractivity contribution in [2.45, 2.75) is 12.8 Å². The maximum Gasteiger partial charge on any atom is 0.220 e. The molecule has 0 aromatic heterocycles. The minimum atomic E-state index is -0.168. The zero-order valence-electron chi connectivity index (χ0n) is 7.94. The third-order valence-corrected chi connectivity index (χ3v) is 2.74. The number of primary amides is 1. The Morgan fingerprint density at radius 3 is 2.86 bits per heavy atom. The van der Waals surface area contributed by atoms with Gasteiger partial charge in [0.15, 0.2) is 0 Å². The molecule has 0 aliphatic heterocycles. The van der Waals surface area contributed by atoms with Crippen LogP contribution in [0, 0.1) is 11.8 Å². The van der Waals surface area contributed by atoms with Crippen molar-refractivity contribution < 1.29 is 4.79 Å². The van der Waals surface area contributed by atoms with Crippen molar-refractivity contribution >= 4 is 11.6 Å². The second kappa shape index (κ2) is 3.33. The normalized spacial score (nSPS) is 24.6. The fraction of sp³-hybridized carbons (Fsp3) is 0.364. The van der Waals surface area contributed by atoms with E-state index in [1.54, 1.807) is 0 Å². The molecular formula is C11H14N2O. The molecule has 1 aromatic carbocycles. The molecule has 1 aliphatic rings. The molecule has 0 saturated heterocycles. The van der Waals surface area contributed by atoms with Gasteiger partial charge in [-0.15, -0.1) is 0 Å². The molecule has 0 spiro atoms. The number of nitrogens with two attached hydrogens (primary N) is 2. The summed E-state index contributed by atoms with van der Waals surface area (Å²) in [5.41, 5.74) is 12.8. The lowest BCUT2D eigenvalue weighted by Crippen LogP contribution is -2.14. The molecule has 2 atom stereocenters. The Bertz CT molecular complexity index is 362. The average molecular weight is 190 g/mol. The molecule has 14 heavy (non-hydrogen) atoms. The maximum absolute atomic E-state index is 10.8. The molecule has 3 heteroatoms.